The number of hydrogen-bond acceptors (Lipinski definition) is 4. The van der Waals surface area contributed by atoms with Crippen LogP contribution in [0.1, 0.15) is 34.6 Å². The maximum Gasteiger partial charge on any atom is 0.241 e. The first-order valence-corrected chi connectivity index (χ1v) is 12.8. The number of carbonyl (C=O) groups excluding carboxylic acids is 1. The minimum Gasteiger partial charge on any atom is -0.346 e. The number of carbonyl (C=O) groups is 1. The van der Waals surface area contributed by atoms with Crippen LogP contribution in [-0.2, 0) is 24.1 Å². The Bertz CT molecular complexity index is 1340. The van der Waals surface area contributed by atoms with Crippen LogP contribution in [0.2, 0.25) is 0 Å². The lowest BCUT2D eigenvalue weighted by atomic mass is 10.0. The summed E-state index contributed by atoms with van der Waals surface area (Å²) in [4.78, 5) is 25.4. The van der Waals surface area contributed by atoms with Gasteiger partial charge in [0, 0.05) is 36.6 Å². The van der Waals surface area contributed by atoms with Crippen molar-refractivity contribution in [2.75, 3.05) is 24.5 Å². The van der Waals surface area contributed by atoms with Crippen molar-refractivity contribution >= 4 is 11.6 Å². The number of aromatic nitrogens is 2. The number of nitrogens with one attached hydrogen (secondary N) is 1. The van der Waals surface area contributed by atoms with Crippen LogP contribution in [-0.4, -0.2) is 46.5 Å². The lowest BCUT2D eigenvalue weighted by molar-refractivity contribution is -0.122. The van der Waals surface area contributed by atoms with Crippen LogP contribution in [0.3, 0.4) is 0 Å². The Morgan fingerprint density at radius 2 is 1.68 bits per heavy atom. The van der Waals surface area contributed by atoms with Crippen molar-refractivity contribution in [2.24, 2.45) is 0 Å². The first-order chi connectivity index (χ1) is 18.2. The first kappa shape index (κ1) is 24.5. The van der Waals surface area contributed by atoms with Crippen LogP contribution >= 0.6 is 0 Å². The van der Waals surface area contributed by atoms with Crippen molar-refractivity contribution in [3.05, 3.63) is 119 Å². The summed E-state index contributed by atoms with van der Waals surface area (Å²) in [6.45, 7) is 1.98. The third kappa shape index (κ3) is 6.32. The van der Waals surface area contributed by atoms with Gasteiger partial charge in [0.15, 0.2) is 0 Å². The van der Waals surface area contributed by atoms with Gasteiger partial charge in [0.1, 0.15) is 5.82 Å². The minimum absolute atomic E-state index is 0.154. The van der Waals surface area contributed by atoms with E-state index in [0.717, 1.165) is 48.6 Å². The Balaban J connectivity index is 1.21. The number of anilines is 1. The van der Waals surface area contributed by atoms with E-state index in [1.54, 1.807) is 0 Å². The smallest absolute Gasteiger partial charge is 0.241 e. The number of aromatic amines is 1. The van der Waals surface area contributed by atoms with E-state index in [4.69, 9.17) is 5.26 Å². The molecule has 1 unspecified atom stereocenters. The van der Waals surface area contributed by atoms with Crippen LogP contribution in [0.15, 0.2) is 91.1 Å². The van der Waals surface area contributed by atoms with E-state index in [1.165, 1.54) is 5.56 Å². The molecule has 37 heavy (non-hydrogen) atoms. The SMILES string of the molecule is N#Cc1ccc(Cc2ncc(CCCN3CC(=O)N(c4ccccc4)CC3Cc3ccccc3)[nH]2)cc1. The number of imidazole rings is 1. The fourth-order valence-electron chi connectivity index (χ4n) is 5.00. The van der Waals surface area contributed by atoms with Crippen molar-refractivity contribution in [1.82, 2.24) is 14.9 Å². The van der Waals surface area contributed by atoms with Gasteiger partial charge in [-0.15, -0.1) is 0 Å². The Labute approximate surface area is 218 Å². The number of amides is 1. The fourth-order valence-corrected chi connectivity index (χ4v) is 5.00. The predicted octanol–water partition coefficient (Wildman–Crippen LogP) is 4.76. The molecule has 1 fully saturated rings. The third-order valence-electron chi connectivity index (χ3n) is 6.96. The average molecular weight is 490 g/mol. The molecule has 1 aliphatic heterocycles. The second kappa shape index (κ2) is 11.7. The fraction of sp³-hybridized carbons (Fsp3) is 0.258. The van der Waals surface area contributed by atoms with E-state index in [2.05, 4.69) is 45.2 Å². The molecule has 1 atom stereocenters. The lowest BCUT2D eigenvalue weighted by Gasteiger charge is -2.41. The highest BCUT2D eigenvalue weighted by atomic mass is 16.2. The highest BCUT2D eigenvalue weighted by Crippen LogP contribution is 2.22. The molecule has 1 aromatic heterocycles. The standard InChI is InChI=1S/C31H31N5O/c32-20-26-15-13-25(14-16-26)19-30-33-21-27(34-30)10-7-17-35-23-31(37)36(28-11-5-2-6-12-28)22-29(35)18-24-8-3-1-4-9-24/h1-6,8-9,11-16,21,29H,7,10,17-19,22-23H2,(H,33,34). The van der Waals surface area contributed by atoms with Gasteiger partial charge in [-0.25, -0.2) is 4.98 Å². The summed E-state index contributed by atoms with van der Waals surface area (Å²) >= 11 is 0. The molecule has 1 N–H and O–H groups in total. The zero-order valence-corrected chi connectivity index (χ0v) is 20.9. The van der Waals surface area contributed by atoms with Crippen LogP contribution < -0.4 is 4.90 Å². The van der Waals surface area contributed by atoms with Gasteiger partial charge in [-0.3, -0.25) is 9.69 Å². The average Bonchev–Trinajstić information content (AvgIpc) is 3.38. The molecule has 1 aliphatic rings. The highest BCUT2D eigenvalue weighted by molar-refractivity contribution is 5.95. The van der Waals surface area contributed by atoms with Gasteiger partial charge >= 0.3 is 0 Å². The maximum absolute atomic E-state index is 13.1. The minimum atomic E-state index is 0.154. The largest absolute Gasteiger partial charge is 0.346 e. The number of para-hydroxylation sites is 1. The molecule has 6 nitrogen and oxygen atoms in total. The Kier molecular flexibility index (Phi) is 7.73. The van der Waals surface area contributed by atoms with E-state index in [0.29, 0.717) is 25.1 Å². The second-order valence-corrected chi connectivity index (χ2v) is 9.60. The quantitative estimate of drug-likeness (QED) is 0.368. The normalized spacial score (nSPS) is 16.0. The Morgan fingerprint density at radius 3 is 2.41 bits per heavy atom. The molecule has 186 valence electrons. The molecular formula is C31H31N5O. The molecular weight excluding hydrogens is 458 g/mol. The molecule has 0 saturated carbocycles. The van der Waals surface area contributed by atoms with Gasteiger partial charge in [0.2, 0.25) is 5.91 Å². The van der Waals surface area contributed by atoms with E-state index < -0.39 is 0 Å². The first-order valence-electron chi connectivity index (χ1n) is 12.8. The second-order valence-electron chi connectivity index (χ2n) is 9.60. The van der Waals surface area contributed by atoms with Crippen molar-refractivity contribution in [2.45, 2.75) is 31.7 Å². The molecule has 1 saturated heterocycles. The van der Waals surface area contributed by atoms with Gasteiger partial charge in [0.05, 0.1) is 18.2 Å². The molecule has 4 aromatic rings. The molecule has 0 spiro atoms. The number of rotatable bonds is 9. The molecule has 2 heterocycles. The summed E-state index contributed by atoms with van der Waals surface area (Å²) in [5, 5.41) is 8.98. The van der Waals surface area contributed by atoms with Gasteiger partial charge in [0.25, 0.3) is 0 Å². The zero-order chi connectivity index (χ0) is 25.5. The number of nitrogens with zero attached hydrogens (tertiary/aromatic N) is 4. The molecule has 0 bridgehead atoms. The summed E-state index contributed by atoms with van der Waals surface area (Å²) in [5.41, 5.74) is 5.16. The molecule has 0 aliphatic carbocycles. The zero-order valence-electron chi connectivity index (χ0n) is 20.9. The topological polar surface area (TPSA) is 76.0 Å². The van der Waals surface area contributed by atoms with Crippen molar-refractivity contribution < 1.29 is 4.79 Å². The van der Waals surface area contributed by atoms with E-state index in [9.17, 15) is 4.79 Å². The summed E-state index contributed by atoms with van der Waals surface area (Å²) in [6.07, 6.45) is 5.36. The number of benzene rings is 3. The molecule has 1 amide bonds. The number of piperazine rings is 1. The van der Waals surface area contributed by atoms with Crippen LogP contribution in [0, 0.1) is 11.3 Å². The highest BCUT2D eigenvalue weighted by Gasteiger charge is 2.32. The van der Waals surface area contributed by atoms with E-state index in [-0.39, 0.29) is 11.9 Å². The van der Waals surface area contributed by atoms with Crippen LogP contribution in [0.5, 0.6) is 0 Å². The molecule has 3 aromatic carbocycles. The summed E-state index contributed by atoms with van der Waals surface area (Å²) in [6, 6.07) is 30.6. The molecule has 5 rings (SSSR count). The van der Waals surface area contributed by atoms with Crippen LogP contribution in [0.4, 0.5) is 5.69 Å². The van der Waals surface area contributed by atoms with E-state index in [1.807, 2.05) is 71.8 Å². The van der Waals surface area contributed by atoms with E-state index >= 15 is 0 Å². The van der Waals surface area contributed by atoms with Crippen molar-refractivity contribution in [1.29, 1.82) is 5.26 Å². The number of nitriles is 1. The predicted molar refractivity (Wildman–Crippen MR) is 145 cm³/mol. The maximum atomic E-state index is 13.1. The number of hydrogen-bond donors (Lipinski definition) is 1. The summed E-state index contributed by atoms with van der Waals surface area (Å²) < 4.78 is 0. The van der Waals surface area contributed by atoms with Crippen molar-refractivity contribution in [3.63, 3.8) is 0 Å². The molecule has 6 heteroatoms. The molecule has 0 radical (unpaired) electrons. The monoisotopic (exact) mass is 489 g/mol. The van der Waals surface area contributed by atoms with Crippen molar-refractivity contribution in [3.8, 4) is 6.07 Å². The summed E-state index contributed by atoms with van der Waals surface area (Å²) in [5.74, 6) is 1.08. The number of aryl methyl sites for hydroxylation is 1. The van der Waals surface area contributed by atoms with Gasteiger partial charge in [-0.1, -0.05) is 60.7 Å². The van der Waals surface area contributed by atoms with Crippen LogP contribution in [0.25, 0.3) is 0 Å². The van der Waals surface area contributed by atoms with Gasteiger partial charge in [-0.05, 0) is 61.2 Å². The third-order valence-corrected chi connectivity index (χ3v) is 6.96. The lowest BCUT2D eigenvalue weighted by Crippen LogP contribution is -2.57. The van der Waals surface area contributed by atoms with Gasteiger partial charge < -0.3 is 9.88 Å². The van der Waals surface area contributed by atoms with Gasteiger partial charge in [-0.2, -0.15) is 5.26 Å². The summed E-state index contributed by atoms with van der Waals surface area (Å²) in [7, 11) is 0. The number of H-pyrrole nitrogens is 1. The Hall–Kier alpha value is -4.21. The Morgan fingerprint density at radius 1 is 0.946 bits per heavy atom.